The zero-order valence-electron chi connectivity index (χ0n) is 9.56. The average molecular weight is 278 g/mol. The Morgan fingerprint density at radius 1 is 1.76 bits per heavy atom. The molecule has 0 bridgehead atoms. The van der Waals surface area contributed by atoms with Crippen LogP contribution in [0.15, 0.2) is 5.38 Å². The van der Waals surface area contributed by atoms with Crippen LogP contribution in [0.4, 0.5) is 5.13 Å². The number of methoxy groups -OCH3 is 1. The summed E-state index contributed by atoms with van der Waals surface area (Å²) in [5, 5.41) is 8.50. The lowest BCUT2D eigenvalue weighted by molar-refractivity contribution is -0.117. The zero-order valence-corrected chi connectivity index (χ0v) is 11.2. The van der Waals surface area contributed by atoms with E-state index in [0.717, 1.165) is 25.1 Å². The van der Waals surface area contributed by atoms with Gasteiger partial charge < -0.3 is 15.4 Å². The molecular formula is C10H16ClN3O2S. The van der Waals surface area contributed by atoms with Crippen molar-refractivity contribution in [2.24, 2.45) is 0 Å². The Hall–Kier alpha value is -0.690. The number of thiazole rings is 1. The Labute approximate surface area is 110 Å². The Morgan fingerprint density at radius 3 is 3.24 bits per heavy atom. The zero-order chi connectivity index (χ0) is 11.4. The van der Waals surface area contributed by atoms with Crippen LogP contribution >= 0.6 is 23.7 Å². The lowest BCUT2D eigenvalue weighted by Crippen LogP contribution is -2.35. The summed E-state index contributed by atoms with van der Waals surface area (Å²) in [6.45, 7) is 1.40. The normalized spacial score (nSPS) is 18.8. The summed E-state index contributed by atoms with van der Waals surface area (Å²) in [6.07, 6.45) is 1.97. The molecule has 2 rings (SSSR count). The lowest BCUT2D eigenvalue weighted by Gasteiger charge is -2.08. The monoisotopic (exact) mass is 277 g/mol. The van der Waals surface area contributed by atoms with Crippen molar-refractivity contribution in [1.82, 2.24) is 10.3 Å². The van der Waals surface area contributed by atoms with Gasteiger partial charge in [0.1, 0.15) is 0 Å². The van der Waals surface area contributed by atoms with Gasteiger partial charge in [0.05, 0.1) is 18.3 Å². The number of hydrogen-bond acceptors (Lipinski definition) is 5. The van der Waals surface area contributed by atoms with Gasteiger partial charge in [0.15, 0.2) is 5.13 Å². The Balaban J connectivity index is 0.00000144. The number of anilines is 1. The summed E-state index contributed by atoms with van der Waals surface area (Å²) in [5.74, 6) is 0.0100. The fourth-order valence-corrected chi connectivity index (χ4v) is 2.38. The van der Waals surface area contributed by atoms with Gasteiger partial charge in [-0.3, -0.25) is 4.79 Å². The van der Waals surface area contributed by atoms with Gasteiger partial charge in [-0.15, -0.1) is 23.7 Å². The molecule has 2 heterocycles. The van der Waals surface area contributed by atoms with Crippen molar-refractivity contribution in [3.63, 3.8) is 0 Å². The van der Waals surface area contributed by atoms with E-state index in [2.05, 4.69) is 15.6 Å². The van der Waals surface area contributed by atoms with Gasteiger partial charge in [-0.05, 0) is 19.4 Å². The number of ether oxygens (including phenoxy) is 1. The van der Waals surface area contributed by atoms with Crippen molar-refractivity contribution in [3.05, 3.63) is 11.1 Å². The van der Waals surface area contributed by atoms with Crippen LogP contribution in [-0.2, 0) is 16.1 Å². The van der Waals surface area contributed by atoms with Gasteiger partial charge in [0.2, 0.25) is 5.91 Å². The third-order valence-electron chi connectivity index (χ3n) is 2.45. The van der Waals surface area contributed by atoms with E-state index in [-0.39, 0.29) is 24.4 Å². The van der Waals surface area contributed by atoms with Crippen molar-refractivity contribution >= 4 is 34.8 Å². The maximum absolute atomic E-state index is 11.7. The topological polar surface area (TPSA) is 63.2 Å². The Bertz CT molecular complexity index is 366. The van der Waals surface area contributed by atoms with E-state index in [1.165, 1.54) is 11.3 Å². The van der Waals surface area contributed by atoms with Crippen LogP contribution in [0.1, 0.15) is 18.5 Å². The fraction of sp³-hybridized carbons (Fsp3) is 0.600. The highest BCUT2D eigenvalue weighted by Gasteiger charge is 2.22. The van der Waals surface area contributed by atoms with Crippen LogP contribution < -0.4 is 10.6 Å². The van der Waals surface area contributed by atoms with E-state index in [9.17, 15) is 4.79 Å². The third-order valence-corrected chi connectivity index (χ3v) is 3.26. The van der Waals surface area contributed by atoms with Crippen LogP contribution in [0.3, 0.4) is 0 Å². The number of rotatable bonds is 4. The van der Waals surface area contributed by atoms with Gasteiger partial charge in [-0.1, -0.05) is 0 Å². The first kappa shape index (κ1) is 14.4. The minimum atomic E-state index is -0.0604. The Kier molecular flexibility index (Phi) is 5.84. The van der Waals surface area contributed by atoms with Crippen LogP contribution in [0, 0.1) is 0 Å². The summed E-state index contributed by atoms with van der Waals surface area (Å²) in [4.78, 5) is 16.0. The quantitative estimate of drug-likeness (QED) is 0.873. The first-order chi connectivity index (χ1) is 7.79. The summed E-state index contributed by atoms with van der Waals surface area (Å²) in [6, 6.07) is -0.0604. The minimum absolute atomic E-state index is 0. The van der Waals surface area contributed by atoms with E-state index >= 15 is 0 Å². The molecule has 96 valence electrons. The molecule has 0 radical (unpaired) electrons. The van der Waals surface area contributed by atoms with Gasteiger partial charge in [-0.25, -0.2) is 4.98 Å². The van der Waals surface area contributed by atoms with Crippen molar-refractivity contribution in [3.8, 4) is 0 Å². The predicted molar refractivity (Wildman–Crippen MR) is 69.7 cm³/mol. The number of nitrogens with zero attached hydrogens (tertiary/aromatic N) is 1. The fourth-order valence-electron chi connectivity index (χ4n) is 1.68. The second kappa shape index (κ2) is 6.90. The van der Waals surface area contributed by atoms with E-state index in [1.54, 1.807) is 7.11 Å². The number of nitrogens with one attached hydrogen (secondary N) is 2. The van der Waals surface area contributed by atoms with Crippen LogP contribution in [0.2, 0.25) is 0 Å². The second-order valence-corrected chi connectivity index (χ2v) is 4.57. The molecule has 1 atom stereocenters. The largest absolute Gasteiger partial charge is 0.378 e. The molecule has 1 aromatic heterocycles. The minimum Gasteiger partial charge on any atom is -0.378 e. The van der Waals surface area contributed by atoms with E-state index in [0.29, 0.717) is 11.7 Å². The van der Waals surface area contributed by atoms with E-state index in [1.807, 2.05) is 5.38 Å². The van der Waals surface area contributed by atoms with E-state index < -0.39 is 0 Å². The average Bonchev–Trinajstić information content (AvgIpc) is 2.89. The SMILES string of the molecule is COCc1csc(NC(=O)C2CCCN2)n1.Cl. The summed E-state index contributed by atoms with van der Waals surface area (Å²) < 4.78 is 4.97. The van der Waals surface area contributed by atoms with Crippen molar-refractivity contribution in [2.75, 3.05) is 19.0 Å². The smallest absolute Gasteiger partial charge is 0.243 e. The molecular weight excluding hydrogens is 262 g/mol. The molecule has 1 aliphatic rings. The molecule has 1 fully saturated rings. The molecule has 7 heteroatoms. The first-order valence-corrected chi connectivity index (χ1v) is 6.15. The summed E-state index contributed by atoms with van der Waals surface area (Å²) >= 11 is 1.43. The highest BCUT2D eigenvalue weighted by Crippen LogP contribution is 2.17. The number of halogens is 1. The Morgan fingerprint density at radius 2 is 2.59 bits per heavy atom. The van der Waals surface area contributed by atoms with Crippen molar-refractivity contribution < 1.29 is 9.53 Å². The molecule has 0 saturated carbocycles. The van der Waals surface area contributed by atoms with E-state index in [4.69, 9.17) is 4.74 Å². The highest BCUT2D eigenvalue weighted by atomic mass is 35.5. The third kappa shape index (κ3) is 3.92. The molecule has 1 aliphatic heterocycles. The number of carbonyl (C=O) groups excluding carboxylic acids is 1. The lowest BCUT2D eigenvalue weighted by atomic mass is 10.2. The number of carbonyl (C=O) groups is 1. The molecule has 0 spiro atoms. The van der Waals surface area contributed by atoms with Crippen molar-refractivity contribution in [2.45, 2.75) is 25.5 Å². The maximum atomic E-state index is 11.7. The molecule has 1 amide bonds. The molecule has 1 aromatic rings. The standard InChI is InChI=1S/C10H15N3O2S.ClH/c1-15-5-7-6-16-10(12-7)13-9(14)8-3-2-4-11-8;/h6,8,11H,2-5H2,1H3,(H,12,13,14);1H. The molecule has 0 aromatic carbocycles. The highest BCUT2D eigenvalue weighted by molar-refractivity contribution is 7.13. The number of aromatic nitrogens is 1. The van der Waals surface area contributed by atoms with Crippen molar-refractivity contribution in [1.29, 1.82) is 0 Å². The van der Waals surface area contributed by atoms with Crippen LogP contribution in [0.5, 0.6) is 0 Å². The summed E-state index contributed by atoms with van der Waals surface area (Å²) in [5.41, 5.74) is 0.849. The van der Waals surface area contributed by atoms with Gasteiger partial charge in [-0.2, -0.15) is 0 Å². The molecule has 2 N–H and O–H groups in total. The van der Waals surface area contributed by atoms with Gasteiger partial charge in [0.25, 0.3) is 0 Å². The molecule has 0 aliphatic carbocycles. The maximum Gasteiger partial charge on any atom is 0.243 e. The number of amides is 1. The van der Waals surface area contributed by atoms with Crippen LogP contribution in [0.25, 0.3) is 0 Å². The first-order valence-electron chi connectivity index (χ1n) is 5.27. The number of hydrogen-bond donors (Lipinski definition) is 2. The summed E-state index contributed by atoms with van der Waals surface area (Å²) in [7, 11) is 1.63. The predicted octanol–water partition coefficient (Wildman–Crippen LogP) is 1.40. The van der Waals surface area contributed by atoms with Gasteiger partial charge >= 0.3 is 0 Å². The molecule has 17 heavy (non-hydrogen) atoms. The molecule has 5 nitrogen and oxygen atoms in total. The van der Waals surface area contributed by atoms with Crippen LogP contribution in [-0.4, -0.2) is 30.6 Å². The molecule has 1 unspecified atom stereocenters. The van der Waals surface area contributed by atoms with Gasteiger partial charge in [0, 0.05) is 12.5 Å². The molecule has 1 saturated heterocycles. The second-order valence-electron chi connectivity index (χ2n) is 3.72.